The van der Waals surface area contributed by atoms with Crippen molar-refractivity contribution in [2.75, 3.05) is 6.61 Å². The third-order valence-corrected chi connectivity index (χ3v) is 4.49. The first-order valence-electron chi connectivity index (χ1n) is 8.77. The molecule has 7 heteroatoms. The number of halogens is 2. The molecular weight excluding hydrogens is 456 g/mol. The molecule has 0 aliphatic heterocycles. The van der Waals surface area contributed by atoms with E-state index in [0.717, 1.165) is 15.6 Å². The minimum absolute atomic E-state index is 0.168. The molecule has 1 amide bonds. The summed E-state index contributed by atoms with van der Waals surface area (Å²) < 4.78 is 12.3. The van der Waals surface area contributed by atoms with Crippen LogP contribution in [0.5, 0.6) is 11.5 Å². The van der Waals surface area contributed by atoms with Crippen molar-refractivity contribution in [3.63, 3.8) is 0 Å². The summed E-state index contributed by atoms with van der Waals surface area (Å²) in [5, 5.41) is 4.53. The van der Waals surface area contributed by atoms with E-state index >= 15 is 0 Å². The number of benzene rings is 3. The van der Waals surface area contributed by atoms with Crippen LogP contribution in [0.2, 0.25) is 5.02 Å². The van der Waals surface area contributed by atoms with Crippen LogP contribution in [0, 0.1) is 0 Å². The standard InChI is InChI=1S/C22H18BrClN2O3/c23-18-7-3-5-16(11-18)14-29-21-10-2-1-6-17(21)13-25-26-22(27)15-28-20-9-4-8-19(24)12-20/h1-13H,14-15H2,(H,26,27)/b25-13-. The molecule has 3 aromatic carbocycles. The molecule has 0 aromatic heterocycles. The van der Waals surface area contributed by atoms with Gasteiger partial charge in [-0.05, 0) is 48.0 Å². The molecular formula is C22H18BrClN2O3. The van der Waals surface area contributed by atoms with Gasteiger partial charge in [0.15, 0.2) is 6.61 Å². The van der Waals surface area contributed by atoms with E-state index in [1.54, 1.807) is 24.3 Å². The molecule has 0 radical (unpaired) electrons. The molecule has 0 fully saturated rings. The van der Waals surface area contributed by atoms with Crippen LogP contribution in [0.3, 0.4) is 0 Å². The van der Waals surface area contributed by atoms with Gasteiger partial charge in [0.05, 0.1) is 6.21 Å². The van der Waals surface area contributed by atoms with Crippen LogP contribution >= 0.6 is 27.5 Å². The highest BCUT2D eigenvalue weighted by atomic mass is 79.9. The number of carbonyl (C=O) groups excluding carboxylic acids is 1. The number of nitrogens with one attached hydrogen (secondary N) is 1. The van der Waals surface area contributed by atoms with E-state index in [0.29, 0.717) is 23.1 Å². The van der Waals surface area contributed by atoms with Crippen molar-refractivity contribution >= 4 is 39.7 Å². The molecule has 3 aromatic rings. The van der Waals surface area contributed by atoms with Gasteiger partial charge in [-0.3, -0.25) is 4.79 Å². The average molecular weight is 474 g/mol. The molecule has 0 bridgehead atoms. The van der Waals surface area contributed by atoms with E-state index in [1.165, 1.54) is 6.21 Å². The quantitative estimate of drug-likeness (QED) is 0.361. The van der Waals surface area contributed by atoms with Gasteiger partial charge in [0.25, 0.3) is 5.91 Å². The van der Waals surface area contributed by atoms with Gasteiger partial charge in [0.2, 0.25) is 0 Å². The van der Waals surface area contributed by atoms with Gasteiger partial charge >= 0.3 is 0 Å². The van der Waals surface area contributed by atoms with Gasteiger partial charge in [-0.25, -0.2) is 5.43 Å². The summed E-state index contributed by atoms with van der Waals surface area (Å²) in [5.74, 6) is 0.803. The van der Waals surface area contributed by atoms with Crippen molar-refractivity contribution in [1.29, 1.82) is 0 Å². The lowest BCUT2D eigenvalue weighted by Gasteiger charge is -2.09. The molecule has 1 N–H and O–H groups in total. The minimum Gasteiger partial charge on any atom is -0.488 e. The minimum atomic E-state index is -0.381. The number of carbonyl (C=O) groups is 1. The van der Waals surface area contributed by atoms with E-state index in [1.807, 2.05) is 48.5 Å². The molecule has 0 aliphatic carbocycles. The second-order valence-electron chi connectivity index (χ2n) is 6.00. The number of hydrazone groups is 1. The maximum Gasteiger partial charge on any atom is 0.277 e. The second-order valence-corrected chi connectivity index (χ2v) is 7.35. The van der Waals surface area contributed by atoms with E-state index in [2.05, 4.69) is 26.5 Å². The summed E-state index contributed by atoms with van der Waals surface area (Å²) in [6, 6.07) is 22.2. The molecule has 148 valence electrons. The smallest absolute Gasteiger partial charge is 0.277 e. The molecule has 0 aliphatic rings. The Hall–Kier alpha value is -2.83. The van der Waals surface area contributed by atoms with Gasteiger partial charge in [-0.1, -0.05) is 57.9 Å². The lowest BCUT2D eigenvalue weighted by Crippen LogP contribution is -2.24. The Kier molecular flexibility index (Phi) is 7.67. The highest BCUT2D eigenvalue weighted by molar-refractivity contribution is 9.10. The van der Waals surface area contributed by atoms with Crippen LogP contribution in [0.1, 0.15) is 11.1 Å². The lowest BCUT2D eigenvalue weighted by atomic mass is 10.2. The molecule has 29 heavy (non-hydrogen) atoms. The zero-order chi connectivity index (χ0) is 20.5. The molecule has 0 saturated heterocycles. The highest BCUT2D eigenvalue weighted by Gasteiger charge is 2.04. The van der Waals surface area contributed by atoms with Crippen molar-refractivity contribution in [2.45, 2.75) is 6.61 Å². The highest BCUT2D eigenvalue weighted by Crippen LogP contribution is 2.19. The molecule has 0 atom stereocenters. The van der Waals surface area contributed by atoms with Crippen molar-refractivity contribution < 1.29 is 14.3 Å². The fraction of sp³-hybridized carbons (Fsp3) is 0.0909. The van der Waals surface area contributed by atoms with Gasteiger partial charge in [0, 0.05) is 15.1 Å². The Morgan fingerprint density at radius 2 is 1.86 bits per heavy atom. The Bertz CT molecular complexity index is 1010. The van der Waals surface area contributed by atoms with E-state index < -0.39 is 0 Å². The summed E-state index contributed by atoms with van der Waals surface area (Å²) in [4.78, 5) is 11.9. The molecule has 3 rings (SSSR count). The van der Waals surface area contributed by atoms with Crippen LogP contribution in [0.4, 0.5) is 0 Å². The topological polar surface area (TPSA) is 59.9 Å². The van der Waals surface area contributed by atoms with Gasteiger partial charge in [-0.15, -0.1) is 0 Å². The molecule has 0 saturated carbocycles. The number of amides is 1. The Labute approximate surface area is 182 Å². The Balaban J connectivity index is 1.53. The zero-order valence-corrected chi connectivity index (χ0v) is 17.7. The number of nitrogens with zero attached hydrogens (tertiary/aromatic N) is 1. The number of rotatable bonds is 8. The third kappa shape index (κ3) is 6.93. The maximum absolute atomic E-state index is 11.9. The van der Waals surface area contributed by atoms with Crippen LogP contribution in [-0.4, -0.2) is 18.7 Å². The van der Waals surface area contributed by atoms with Crippen molar-refractivity contribution in [3.05, 3.63) is 93.4 Å². The molecule has 0 heterocycles. The van der Waals surface area contributed by atoms with E-state index in [4.69, 9.17) is 21.1 Å². The predicted molar refractivity (Wildman–Crippen MR) is 118 cm³/mol. The molecule has 5 nitrogen and oxygen atoms in total. The van der Waals surface area contributed by atoms with Crippen molar-refractivity contribution in [2.24, 2.45) is 5.10 Å². The summed E-state index contributed by atoms with van der Waals surface area (Å²) in [6.07, 6.45) is 1.54. The summed E-state index contributed by atoms with van der Waals surface area (Å²) in [6.45, 7) is 0.253. The Morgan fingerprint density at radius 3 is 2.69 bits per heavy atom. The first-order chi connectivity index (χ1) is 14.1. The zero-order valence-electron chi connectivity index (χ0n) is 15.3. The average Bonchev–Trinajstić information content (AvgIpc) is 2.72. The van der Waals surface area contributed by atoms with Crippen molar-refractivity contribution in [3.8, 4) is 11.5 Å². The van der Waals surface area contributed by atoms with Crippen LogP contribution in [0.15, 0.2) is 82.4 Å². The number of hydrogen-bond acceptors (Lipinski definition) is 4. The summed E-state index contributed by atoms with van der Waals surface area (Å²) >= 11 is 9.33. The number of ether oxygens (including phenoxy) is 2. The summed E-state index contributed by atoms with van der Waals surface area (Å²) in [5.41, 5.74) is 4.22. The number of hydrogen-bond donors (Lipinski definition) is 1. The molecule has 0 spiro atoms. The lowest BCUT2D eigenvalue weighted by molar-refractivity contribution is -0.123. The first kappa shape index (κ1) is 20.9. The monoisotopic (exact) mass is 472 g/mol. The van der Waals surface area contributed by atoms with Crippen molar-refractivity contribution in [1.82, 2.24) is 5.43 Å². The van der Waals surface area contributed by atoms with Crippen LogP contribution < -0.4 is 14.9 Å². The fourth-order valence-electron chi connectivity index (χ4n) is 2.42. The molecule has 0 unspecified atom stereocenters. The third-order valence-electron chi connectivity index (χ3n) is 3.76. The summed E-state index contributed by atoms with van der Waals surface area (Å²) in [7, 11) is 0. The maximum atomic E-state index is 11.9. The van der Waals surface area contributed by atoms with E-state index in [9.17, 15) is 4.79 Å². The fourth-order valence-corrected chi connectivity index (χ4v) is 3.05. The first-order valence-corrected chi connectivity index (χ1v) is 9.94. The second kappa shape index (κ2) is 10.6. The predicted octanol–water partition coefficient (Wildman–Crippen LogP) is 5.21. The largest absolute Gasteiger partial charge is 0.488 e. The number of para-hydroxylation sites is 1. The Morgan fingerprint density at radius 1 is 1.03 bits per heavy atom. The van der Waals surface area contributed by atoms with E-state index in [-0.39, 0.29) is 12.5 Å². The van der Waals surface area contributed by atoms with Crippen LogP contribution in [0.25, 0.3) is 0 Å². The van der Waals surface area contributed by atoms with Crippen LogP contribution in [-0.2, 0) is 11.4 Å². The van der Waals surface area contributed by atoms with Gasteiger partial charge in [0.1, 0.15) is 18.1 Å². The van der Waals surface area contributed by atoms with Gasteiger partial charge in [-0.2, -0.15) is 5.10 Å². The normalized spacial score (nSPS) is 10.7. The SMILES string of the molecule is O=C(COc1cccc(Cl)c1)N/N=C\c1ccccc1OCc1cccc(Br)c1. The van der Waals surface area contributed by atoms with Gasteiger partial charge < -0.3 is 9.47 Å².